The third kappa shape index (κ3) is 4.85. The van der Waals surface area contributed by atoms with Crippen molar-refractivity contribution in [3.63, 3.8) is 0 Å². The largest absolute Gasteiger partial charge is 0.355 e. The lowest BCUT2D eigenvalue weighted by Crippen LogP contribution is -2.37. The van der Waals surface area contributed by atoms with Crippen molar-refractivity contribution in [2.45, 2.75) is 13.8 Å². The molecule has 0 aromatic heterocycles. The van der Waals surface area contributed by atoms with E-state index in [-0.39, 0.29) is 5.91 Å². The van der Waals surface area contributed by atoms with Gasteiger partial charge in [-0.1, -0.05) is 6.92 Å². The summed E-state index contributed by atoms with van der Waals surface area (Å²) in [5.74, 6) is -0.0267. The molecule has 0 aromatic carbocycles. The number of hydrogen-bond acceptors (Lipinski definition) is 3. The highest BCUT2D eigenvalue weighted by Crippen LogP contribution is 1.84. The second-order valence-corrected chi connectivity index (χ2v) is 2.45. The maximum Gasteiger partial charge on any atom is 0.234 e. The van der Waals surface area contributed by atoms with Crippen LogP contribution in [0.1, 0.15) is 13.8 Å². The maximum atomic E-state index is 11.0. The molecule has 0 aliphatic heterocycles. The zero-order valence-corrected chi connectivity index (χ0v) is 7.67. The van der Waals surface area contributed by atoms with Crippen LogP contribution in [-0.2, 0) is 9.59 Å². The van der Waals surface area contributed by atoms with Crippen LogP contribution in [0, 0.1) is 0 Å². The van der Waals surface area contributed by atoms with Crippen molar-refractivity contribution in [2.75, 3.05) is 26.2 Å². The Morgan fingerprint density at radius 3 is 2.58 bits per heavy atom. The molecule has 1 amide bonds. The Hall–Kier alpha value is -0.900. The average Bonchev–Trinajstić information content (AvgIpc) is 2.04. The number of nitrogens with one attached hydrogen (secondary N) is 1. The van der Waals surface area contributed by atoms with Gasteiger partial charge >= 0.3 is 0 Å². The minimum Gasteiger partial charge on any atom is -0.355 e. The number of nitrogens with zero attached hydrogens (tertiary/aromatic N) is 1. The molecular weight excluding hydrogens is 156 g/mol. The SMILES string of the molecule is CCNC(=O)CN(CC)CC=O. The lowest BCUT2D eigenvalue weighted by atomic mass is 10.4. The van der Waals surface area contributed by atoms with E-state index >= 15 is 0 Å². The molecule has 1 N–H and O–H groups in total. The highest BCUT2D eigenvalue weighted by atomic mass is 16.2. The van der Waals surface area contributed by atoms with Crippen LogP contribution in [0.25, 0.3) is 0 Å². The molecule has 0 aromatic rings. The Morgan fingerprint density at radius 1 is 1.50 bits per heavy atom. The molecule has 0 saturated carbocycles. The normalized spacial score (nSPS) is 9.92. The first-order valence-corrected chi connectivity index (χ1v) is 4.17. The van der Waals surface area contributed by atoms with E-state index in [1.165, 1.54) is 0 Å². The summed E-state index contributed by atoms with van der Waals surface area (Å²) in [4.78, 5) is 22.9. The van der Waals surface area contributed by atoms with E-state index in [4.69, 9.17) is 0 Å². The molecule has 0 spiro atoms. The molecule has 4 nitrogen and oxygen atoms in total. The smallest absolute Gasteiger partial charge is 0.234 e. The summed E-state index contributed by atoms with van der Waals surface area (Å²) in [6.45, 7) is 5.78. The second-order valence-electron chi connectivity index (χ2n) is 2.45. The van der Waals surface area contributed by atoms with Crippen molar-refractivity contribution in [2.24, 2.45) is 0 Å². The summed E-state index contributed by atoms with van der Waals surface area (Å²) < 4.78 is 0. The molecule has 0 bridgehead atoms. The predicted octanol–water partition coefficient (Wildman–Crippen LogP) is -0.357. The molecular formula is C8H16N2O2. The quantitative estimate of drug-likeness (QED) is 0.557. The summed E-state index contributed by atoms with van der Waals surface area (Å²) in [5.41, 5.74) is 0. The first-order chi connectivity index (χ1) is 5.74. The van der Waals surface area contributed by atoms with Crippen LogP contribution in [0.5, 0.6) is 0 Å². The number of likely N-dealkylation sites (N-methyl/N-ethyl adjacent to an activating group) is 2. The minimum atomic E-state index is -0.0267. The molecule has 4 heteroatoms. The molecule has 0 heterocycles. The molecule has 0 unspecified atom stereocenters. The van der Waals surface area contributed by atoms with E-state index in [9.17, 15) is 9.59 Å². The number of aldehydes is 1. The predicted molar refractivity (Wildman–Crippen MR) is 46.9 cm³/mol. The molecule has 0 fully saturated rings. The van der Waals surface area contributed by atoms with Gasteiger partial charge in [-0.3, -0.25) is 9.69 Å². The van der Waals surface area contributed by atoms with Crippen LogP contribution in [0.4, 0.5) is 0 Å². The van der Waals surface area contributed by atoms with Crippen LogP contribution in [0.2, 0.25) is 0 Å². The number of hydrogen-bond donors (Lipinski definition) is 1. The minimum absolute atomic E-state index is 0.0267. The molecule has 12 heavy (non-hydrogen) atoms. The molecule has 70 valence electrons. The van der Waals surface area contributed by atoms with Crippen LogP contribution >= 0.6 is 0 Å². The summed E-state index contributed by atoms with van der Waals surface area (Å²) in [6, 6.07) is 0. The van der Waals surface area contributed by atoms with Crippen LogP contribution < -0.4 is 5.32 Å². The number of rotatable bonds is 6. The lowest BCUT2D eigenvalue weighted by Gasteiger charge is -2.15. The van der Waals surface area contributed by atoms with E-state index in [2.05, 4.69) is 5.32 Å². The van der Waals surface area contributed by atoms with Gasteiger partial charge in [-0.15, -0.1) is 0 Å². The molecule has 0 radical (unpaired) electrons. The zero-order chi connectivity index (χ0) is 9.40. The number of carbonyl (C=O) groups is 2. The molecule has 0 rings (SSSR count). The number of carbonyl (C=O) groups excluding carboxylic acids is 2. The highest BCUT2D eigenvalue weighted by molar-refractivity contribution is 5.78. The topological polar surface area (TPSA) is 49.4 Å². The highest BCUT2D eigenvalue weighted by Gasteiger charge is 2.06. The molecule has 0 atom stereocenters. The van der Waals surface area contributed by atoms with Crippen molar-refractivity contribution in [3.05, 3.63) is 0 Å². The van der Waals surface area contributed by atoms with Gasteiger partial charge in [0.25, 0.3) is 0 Å². The van der Waals surface area contributed by atoms with Crippen LogP contribution in [-0.4, -0.2) is 43.3 Å². The van der Waals surface area contributed by atoms with Gasteiger partial charge in [0.1, 0.15) is 6.29 Å². The summed E-state index contributed by atoms with van der Waals surface area (Å²) in [7, 11) is 0. The summed E-state index contributed by atoms with van der Waals surface area (Å²) >= 11 is 0. The standard InChI is InChI=1S/C8H16N2O2/c1-3-9-8(12)7-10(4-2)5-6-11/h6H,3-5,7H2,1-2H3,(H,9,12). The fourth-order valence-electron chi connectivity index (χ4n) is 0.867. The summed E-state index contributed by atoms with van der Waals surface area (Å²) in [6.07, 6.45) is 0.808. The Labute approximate surface area is 72.9 Å². The van der Waals surface area contributed by atoms with Crippen molar-refractivity contribution in [1.29, 1.82) is 0 Å². The van der Waals surface area contributed by atoms with E-state index in [1.807, 2.05) is 13.8 Å². The van der Waals surface area contributed by atoms with Crippen LogP contribution in [0.15, 0.2) is 0 Å². The molecule has 0 aliphatic rings. The second kappa shape index (κ2) is 6.79. The van der Waals surface area contributed by atoms with E-state index in [0.29, 0.717) is 19.6 Å². The monoisotopic (exact) mass is 172 g/mol. The maximum absolute atomic E-state index is 11.0. The Bertz CT molecular complexity index is 148. The lowest BCUT2D eigenvalue weighted by molar-refractivity contribution is -0.122. The van der Waals surface area contributed by atoms with Crippen molar-refractivity contribution < 1.29 is 9.59 Å². The van der Waals surface area contributed by atoms with Crippen molar-refractivity contribution in [3.8, 4) is 0 Å². The van der Waals surface area contributed by atoms with Gasteiger partial charge in [0.05, 0.1) is 13.1 Å². The van der Waals surface area contributed by atoms with Gasteiger partial charge in [-0.05, 0) is 13.5 Å². The first kappa shape index (κ1) is 11.1. The van der Waals surface area contributed by atoms with Gasteiger partial charge in [-0.25, -0.2) is 0 Å². The number of amides is 1. The average molecular weight is 172 g/mol. The van der Waals surface area contributed by atoms with Crippen LogP contribution in [0.3, 0.4) is 0 Å². The Morgan fingerprint density at radius 2 is 2.17 bits per heavy atom. The fraction of sp³-hybridized carbons (Fsp3) is 0.750. The van der Waals surface area contributed by atoms with Crippen molar-refractivity contribution in [1.82, 2.24) is 10.2 Å². The van der Waals surface area contributed by atoms with Gasteiger partial charge in [-0.2, -0.15) is 0 Å². The first-order valence-electron chi connectivity index (χ1n) is 4.17. The fourth-order valence-corrected chi connectivity index (χ4v) is 0.867. The van der Waals surface area contributed by atoms with Gasteiger partial charge < -0.3 is 10.1 Å². The van der Waals surface area contributed by atoms with Crippen molar-refractivity contribution >= 4 is 12.2 Å². The third-order valence-electron chi connectivity index (χ3n) is 1.52. The summed E-state index contributed by atoms with van der Waals surface area (Å²) in [5, 5.41) is 2.67. The van der Waals surface area contributed by atoms with Gasteiger partial charge in [0.2, 0.25) is 5.91 Å². The third-order valence-corrected chi connectivity index (χ3v) is 1.52. The van der Waals surface area contributed by atoms with E-state index in [0.717, 1.165) is 12.8 Å². The Balaban J connectivity index is 3.68. The van der Waals surface area contributed by atoms with E-state index in [1.54, 1.807) is 4.90 Å². The van der Waals surface area contributed by atoms with E-state index < -0.39 is 0 Å². The molecule has 0 saturated heterocycles. The Kier molecular flexibility index (Phi) is 6.28. The zero-order valence-electron chi connectivity index (χ0n) is 7.67. The van der Waals surface area contributed by atoms with Gasteiger partial charge in [0.15, 0.2) is 0 Å². The van der Waals surface area contributed by atoms with Gasteiger partial charge in [0, 0.05) is 6.54 Å². The molecule has 0 aliphatic carbocycles.